The SMILES string of the molecule is Cc1cccc(-c2csc(N3CCC(S(=O)(=O)c4cccc(Br)c4)CC3)n2)c1. The number of aromatic nitrogens is 1. The number of thiazole rings is 1. The standard InChI is InChI=1S/C21H21BrN2O2S2/c1-15-4-2-5-16(12-15)20-14-27-21(23-20)24-10-8-18(9-11-24)28(25,26)19-7-3-6-17(22)13-19/h2-7,12-14,18H,8-11H2,1H3. The topological polar surface area (TPSA) is 50.3 Å². The first-order chi connectivity index (χ1) is 13.4. The summed E-state index contributed by atoms with van der Waals surface area (Å²) < 4.78 is 26.7. The van der Waals surface area contributed by atoms with Crippen LogP contribution in [0.25, 0.3) is 11.3 Å². The van der Waals surface area contributed by atoms with Gasteiger partial charge in [0, 0.05) is 28.5 Å². The molecule has 28 heavy (non-hydrogen) atoms. The number of piperidine rings is 1. The lowest BCUT2D eigenvalue weighted by atomic mass is 10.1. The third-order valence-electron chi connectivity index (χ3n) is 5.08. The van der Waals surface area contributed by atoms with Crippen LogP contribution >= 0.6 is 27.3 Å². The summed E-state index contributed by atoms with van der Waals surface area (Å²) in [5.41, 5.74) is 3.31. The number of hydrogen-bond donors (Lipinski definition) is 0. The molecule has 4 nitrogen and oxygen atoms in total. The lowest BCUT2D eigenvalue weighted by Crippen LogP contribution is -2.39. The molecule has 0 spiro atoms. The van der Waals surface area contributed by atoms with Gasteiger partial charge in [-0.1, -0.05) is 45.8 Å². The summed E-state index contributed by atoms with van der Waals surface area (Å²) >= 11 is 4.99. The Balaban J connectivity index is 1.46. The van der Waals surface area contributed by atoms with Crippen molar-refractivity contribution in [2.75, 3.05) is 18.0 Å². The highest BCUT2D eigenvalue weighted by Gasteiger charge is 2.32. The van der Waals surface area contributed by atoms with Crippen LogP contribution in [0.1, 0.15) is 18.4 Å². The molecule has 7 heteroatoms. The summed E-state index contributed by atoms with van der Waals surface area (Å²) in [6.07, 6.45) is 1.24. The third-order valence-corrected chi connectivity index (χ3v) is 8.74. The van der Waals surface area contributed by atoms with Crippen molar-refractivity contribution in [2.24, 2.45) is 0 Å². The van der Waals surface area contributed by atoms with Crippen LogP contribution in [0, 0.1) is 6.92 Å². The number of anilines is 1. The Hall–Kier alpha value is -1.70. The van der Waals surface area contributed by atoms with Crippen molar-refractivity contribution < 1.29 is 8.42 Å². The fourth-order valence-electron chi connectivity index (χ4n) is 3.54. The van der Waals surface area contributed by atoms with E-state index in [1.54, 1.807) is 29.5 Å². The molecule has 1 aliphatic rings. The van der Waals surface area contributed by atoms with E-state index < -0.39 is 9.84 Å². The molecule has 0 N–H and O–H groups in total. The molecule has 0 amide bonds. The summed E-state index contributed by atoms with van der Waals surface area (Å²) in [6, 6.07) is 15.3. The predicted molar refractivity (Wildman–Crippen MR) is 119 cm³/mol. The molecule has 146 valence electrons. The molecule has 0 aliphatic carbocycles. The second-order valence-electron chi connectivity index (χ2n) is 7.07. The molecule has 0 unspecified atom stereocenters. The molecule has 0 atom stereocenters. The summed E-state index contributed by atoms with van der Waals surface area (Å²) in [5.74, 6) is 0. The van der Waals surface area contributed by atoms with E-state index in [9.17, 15) is 8.42 Å². The normalized spacial score (nSPS) is 15.7. The van der Waals surface area contributed by atoms with Gasteiger partial charge in [-0.25, -0.2) is 13.4 Å². The van der Waals surface area contributed by atoms with Crippen LogP contribution in [0.3, 0.4) is 0 Å². The highest BCUT2D eigenvalue weighted by Crippen LogP contribution is 2.32. The van der Waals surface area contributed by atoms with Gasteiger partial charge in [-0.15, -0.1) is 11.3 Å². The Morgan fingerprint density at radius 3 is 2.57 bits per heavy atom. The number of hydrogen-bond acceptors (Lipinski definition) is 5. The van der Waals surface area contributed by atoms with Gasteiger partial charge in [0.1, 0.15) is 0 Å². The molecule has 3 aromatic rings. The molecule has 2 heterocycles. The van der Waals surface area contributed by atoms with Crippen LogP contribution in [0.5, 0.6) is 0 Å². The van der Waals surface area contributed by atoms with Crippen molar-refractivity contribution in [1.29, 1.82) is 0 Å². The summed E-state index contributed by atoms with van der Waals surface area (Å²) in [4.78, 5) is 7.40. The van der Waals surface area contributed by atoms with E-state index >= 15 is 0 Å². The Labute approximate surface area is 178 Å². The van der Waals surface area contributed by atoms with Gasteiger partial charge >= 0.3 is 0 Å². The number of nitrogens with zero attached hydrogens (tertiary/aromatic N) is 2. The molecule has 0 bridgehead atoms. The van der Waals surface area contributed by atoms with Crippen molar-refractivity contribution in [1.82, 2.24) is 4.98 Å². The first-order valence-corrected chi connectivity index (χ1v) is 12.4. The second-order valence-corrected chi connectivity index (χ2v) is 11.1. The molecule has 1 aromatic heterocycles. The minimum Gasteiger partial charge on any atom is -0.348 e. The lowest BCUT2D eigenvalue weighted by Gasteiger charge is -2.31. The predicted octanol–water partition coefficient (Wildman–Crippen LogP) is 5.32. The van der Waals surface area contributed by atoms with Gasteiger partial charge < -0.3 is 4.90 Å². The minimum absolute atomic E-state index is 0.339. The summed E-state index contributed by atoms with van der Waals surface area (Å²) in [5, 5.41) is 2.71. The van der Waals surface area contributed by atoms with Gasteiger partial charge in [0.15, 0.2) is 15.0 Å². The molecule has 1 fully saturated rings. The first kappa shape index (κ1) is 19.6. The maximum absolute atomic E-state index is 13.0. The summed E-state index contributed by atoms with van der Waals surface area (Å²) in [7, 11) is -3.31. The van der Waals surface area contributed by atoms with Gasteiger partial charge in [-0.05, 0) is 44.0 Å². The van der Waals surface area contributed by atoms with Crippen molar-refractivity contribution in [3.05, 3.63) is 63.9 Å². The van der Waals surface area contributed by atoms with Crippen LogP contribution < -0.4 is 4.90 Å². The highest BCUT2D eigenvalue weighted by molar-refractivity contribution is 9.10. The zero-order valence-corrected chi connectivity index (χ0v) is 18.7. The molecule has 0 radical (unpaired) electrons. The number of benzene rings is 2. The molecule has 1 aliphatic heterocycles. The fraction of sp³-hybridized carbons (Fsp3) is 0.286. The van der Waals surface area contributed by atoms with E-state index in [2.05, 4.69) is 51.3 Å². The van der Waals surface area contributed by atoms with Crippen LogP contribution in [-0.4, -0.2) is 31.7 Å². The van der Waals surface area contributed by atoms with Crippen LogP contribution in [0.4, 0.5) is 5.13 Å². The van der Waals surface area contributed by atoms with Gasteiger partial charge in [-0.2, -0.15) is 0 Å². The zero-order chi connectivity index (χ0) is 19.7. The quantitative estimate of drug-likeness (QED) is 0.510. The highest BCUT2D eigenvalue weighted by atomic mass is 79.9. The molecule has 2 aromatic carbocycles. The lowest BCUT2D eigenvalue weighted by molar-refractivity contribution is 0.529. The van der Waals surface area contributed by atoms with E-state index in [4.69, 9.17) is 4.98 Å². The molecule has 0 saturated carbocycles. The van der Waals surface area contributed by atoms with Crippen LogP contribution in [-0.2, 0) is 9.84 Å². The maximum Gasteiger partial charge on any atom is 0.185 e. The second kappa shape index (κ2) is 7.97. The minimum atomic E-state index is -3.31. The van der Waals surface area contributed by atoms with Crippen LogP contribution in [0.15, 0.2) is 63.3 Å². The van der Waals surface area contributed by atoms with E-state index in [0.717, 1.165) is 20.9 Å². The van der Waals surface area contributed by atoms with E-state index in [1.165, 1.54) is 5.56 Å². The van der Waals surface area contributed by atoms with Crippen molar-refractivity contribution >= 4 is 42.2 Å². The fourth-order valence-corrected chi connectivity index (χ4v) is 6.76. The average Bonchev–Trinajstić information content (AvgIpc) is 3.18. The Kier molecular flexibility index (Phi) is 5.58. The molecular weight excluding hydrogens is 456 g/mol. The van der Waals surface area contributed by atoms with Crippen LogP contribution in [0.2, 0.25) is 0 Å². The number of aryl methyl sites for hydroxylation is 1. The monoisotopic (exact) mass is 476 g/mol. The zero-order valence-electron chi connectivity index (χ0n) is 15.5. The van der Waals surface area contributed by atoms with E-state index in [0.29, 0.717) is 30.8 Å². The van der Waals surface area contributed by atoms with Gasteiger partial charge in [0.25, 0.3) is 0 Å². The number of sulfone groups is 1. The Morgan fingerprint density at radius 1 is 1.11 bits per heavy atom. The summed E-state index contributed by atoms with van der Waals surface area (Å²) in [6.45, 7) is 3.49. The Bertz CT molecular complexity index is 1090. The third kappa shape index (κ3) is 4.02. The largest absolute Gasteiger partial charge is 0.348 e. The molecule has 1 saturated heterocycles. The molecule has 4 rings (SSSR count). The van der Waals surface area contributed by atoms with Gasteiger partial charge in [0.05, 0.1) is 15.8 Å². The first-order valence-electron chi connectivity index (χ1n) is 9.20. The number of halogens is 1. The van der Waals surface area contributed by atoms with Crippen molar-refractivity contribution in [3.8, 4) is 11.3 Å². The van der Waals surface area contributed by atoms with E-state index in [1.807, 2.05) is 12.1 Å². The van der Waals surface area contributed by atoms with Crippen molar-refractivity contribution in [2.45, 2.75) is 29.9 Å². The smallest absolute Gasteiger partial charge is 0.185 e. The maximum atomic E-state index is 13.0. The van der Waals surface area contributed by atoms with Gasteiger partial charge in [-0.3, -0.25) is 0 Å². The van der Waals surface area contributed by atoms with Gasteiger partial charge in [0.2, 0.25) is 0 Å². The molecular formula is C21H21BrN2O2S2. The Morgan fingerprint density at radius 2 is 1.86 bits per heavy atom. The average molecular weight is 477 g/mol. The number of rotatable bonds is 4. The van der Waals surface area contributed by atoms with Crippen molar-refractivity contribution in [3.63, 3.8) is 0 Å². The van der Waals surface area contributed by atoms with E-state index in [-0.39, 0.29) is 5.25 Å².